The third-order valence-electron chi connectivity index (χ3n) is 3.86. The van der Waals surface area contributed by atoms with Crippen LogP contribution in [0.2, 0.25) is 0 Å². The van der Waals surface area contributed by atoms with Crippen LogP contribution in [0, 0.1) is 5.92 Å². The predicted molar refractivity (Wildman–Crippen MR) is 87.4 cm³/mol. The van der Waals surface area contributed by atoms with E-state index in [0.29, 0.717) is 6.10 Å². The maximum Gasteiger partial charge on any atom is 0.191 e. The number of rotatable bonds is 4. The summed E-state index contributed by atoms with van der Waals surface area (Å²) in [6, 6.07) is 0. The minimum Gasteiger partial charge on any atom is -0.373 e. The summed E-state index contributed by atoms with van der Waals surface area (Å²) in [6.45, 7) is 9.34. The Balaban J connectivity index is 1.60. The van der Waals surface area contributed by atoms with Crippen LogP contribution in [-0.4, -0.2) is 53.7 Å². The van der Waals surface area contributed by atoms with E-state index < -0.39 is 0 Å². The molecule has 0 aromatic carbocycles. The second kappa shape index (κ2) is 7.03. The number of hydrogen-bond acceptors (Lipinski definition) is 3. The van der Waals surface area contributed by atoms with Crippen molar-refractivity contribution in [3.8, 4) is 0 Å². The zero-order valence-electron chi connectivity index (χ0n) is 13.1. The lowest BCUT2D eigenvalue weighted by Crippen LogP contribution is -2.43. The van der Waals surface area contributed by atoms with Crippen molar-refractivity contribution in [3.63, 3.8) is 0 Å². The van der Waals surface area contributed by atoms with Gasteiger partial charge in [0.2, 0.25) is 0 Å². The molecule has 0 bridgehead atoms. The van der Waals surface area contributed by atoms with Gasteiger partial charge in [-0.25, -0.2) is 0 Å². The van der Waals surface area contributed by atoms with Crippen LogP contribution in [0.15, 0.2) is 4.99 Å². The molecule has 0 aromatic heterocycles. The Kier molecular flexibility index (Phi) is 5.61. The van der Waals surface area contributed by atoms with Gasteiger partial charge in [0.15, 0.2) is 5.96 Å². The number of nitrogens with two attached hydrogens (primary N) is 1. The summed E-state index contributed by atoms with van der Waals surface area (Å²) >= 11 is 2.00. The van der Waals surface area contributed by atoms with Gasteiger partial charge in [-0.15, -0.1) is 0 Å². The third kappa shape index (κ3) is 5.17. The Labute approximate surface area is 127 Å². The molecule has 0 amide bonds. The summed E-state index contributed by atoms with van der Waals surface area (Å²) in [5.41, 5.74) is 6.04. The average Bonchev–Trinajstić information content (AvgIpc) is 2.35. The molecule has 0 unspecified atom stereocenters. The molecule has 5 heteroatoms. The summed E-state index contributed by atoms with van der Waals surface area (Å²) < 4.78 is 5.96. The molecular weight excluding hydrogens is 270 g/mol. The van der Waals surface area contributed by atoms with Crippen molar-refractivity contribution >= 4 is 17.7 Å². The van der Waals surface area contributed by atoms with Crippen molar-refractivity contribution in [2.45, 2.75) is 51.7 Å². The lowest BCUT2D eigenvalue weighted by molar-refractivity contribution is -0.112. The van der Waals surface area contributed by atoms with E-state index in [9.17, 15) is 0 Å². The number of ether oxygens (including phenoxy) is 1. The first kappa shape index (κ1) is 16.0. The molecule has 0 atom stereocenters. The molecule has 2 N–H and O–H groups in total. The smallest absolute Gasteiger partial charge is 0.191 e. The zero-order valence-corrected chi connectivity index (χ0v) is 13.9. The molecule has 1 saturated carbocycles. The molecule has 0 radical (unpaired) electrons. The lowest BCUT2D eigenvalue weighted by Gasteiger charge is -2.39. The Bertz CT molecular complexity index is 329. The second-order valence-electron chi connectivity index (χ2n) is 6.82. The highest BCUT2D eigenvalue weighted by atomic mass is 32.2. The molecule has 0 spiro atoms. The van der Waals surface area contributed by atoms with Gasteiger partial charge in [-0.1, -0.05) is 0 Å². The van der Waals surface area contributed by atoms with Gasteiger partial charge in [-0.2, -0.15) is 11.8 Å². The van der Waals surface area contributed by atoms with E-state index in [-0.39, 0.29) is 5.60 Å². The van der Waals surface area contributed by atoms with Crippen molar-refractivity contribution in [1.82, 2.24) is 4.90 Å². The van der Waals surface area contributed by atoms with Gasteiger partial charge >= 0.3 is 0 Å². The maximum atomic E-state index is 6.05. The highest BCUT2D eigenvalue weighted by Crippen LogP contribution is 2.35. The van der Waals surface area contributed by atoms with Crippen LogP contribution < -0.4 is 5.73 Å². The summed E-state index contributed by atoms with van der Waals surface area (Å²) in [4.78, 5) is 6.75. The fourth-order valence-corrected chi connectivity index (χ4v) is 3.66. The minimum absolute atomic E-state index is 0.00943. The topological polar surface area (TPSA) is 50.9 Å². The average molecular weight is 299 g/mol. The van der Waals surface area contributed by atoms with E-state index in [0.717, 1.165) is 37.9 Å². The number of thioether (sulfide) groups is 1. The van der Waals surface area contributed by atoms with Crippen molar-refractivity contribution in [1.29, 1.82) is 0 Å². The normalized spacial score (nSPS) is 28.4. The van der Waals surface area contributed by atoms with Gasteiger partial charge in [0.1, 0.15) is 0 Å². The van der Waals surface area contributed by atoms with Crippen LogP contribution >= 0.6 is 11.8 Å². The van der Waals surface area contributed by atoms with E-state index in [1.54, 1.807) is 0 Å². The van der Waals surface area contributed by atoms with Crippen molar-refractivity contribution < 1.29 is 4.74 Å². The molecular formula is C15H29N3OS. The molecule has 2 rings (SSSR count). The van der Waals surface area contributed by atoms with E-state index in [4.69, 9.17) is 10.5 Å². The van der Waals surface area contributed by atoms with Gasteiger partial charge in [-0.3, -0.25) is 4.99 Å². The first-order valence-corrected chi connectivity index (χ1v) is 8.90. The number of guanidine groups is 1. The van der Waals surface area contributed by atoms with Crippen LogP contribution in [0.25, 0.3) is 0 Å². The van der Waals surface area contributed by atoms with E-state index >= 15 is 0 Å². The van der Waals surface area contributed by atoms with Crippen molar-refractivity contribution in [2.24, 2.45) is 16.6 Å². The summed E-state index contributed by atoms with van der Waals surface area (Å²) in [7, 11) is 0. The van der Waals surface area contributed by atoms with Gasteiger partial charge < -0.3 is 15.4 Å². The van der Waals surface area contributed by atoms with Gasteiger partial charge in [0.25, 0.3) is 0 Å². The molecule has 0 aromatic rings. The molecule has 2 fully saturated rings. The quantitative estimate of drug-likeness (QED) is 0.639. The maximum absolute atomic E-state index is 6.05. The van der Waals surface area contributed by atoms with Gasteiger partial charge in [0, 0.05) is 31.1 Å². The SMILES string of the molecule is CC(C)(C)OC1CC(CCN=C(N)N2CCSCC2)C1. The highest BCUT2D eigenvalue weighted by molar-refractivity contribution is 7.99. The van der Waals surface area contributed by atoms with E-state index in [1.807, 2.05) is 11.8 Å². The second-order valence-corrected chi connectivity index (χ2v) is 8.04. The molecule has 1 saturated heterocycles. The molecule has 2 aliphatic rings. The fourth-order valence-electron chi connectivity index (χ4n) is 2.76. The van der Waals surface area contributed by atoms with Crippen molar-refractivity contribution in [3.05, 3.63) is 0 Å². The van der Waals surface area contributed by atoms with Crippen molar-refractivity contribution in [2.75, 3.05) is 31.1 Å². The van der Waals surface area contributed by atoms with Crippen LogP contribution in [0.3, 0.4) is 0 Å². The largest absolute Gasteiger partial charge is 0.373 e. The fraction of sp³-hybridized carbons (Fsp3) is 0.933. The van der Waals surface area contributed by atoms with Crippen LogP contribution in [0.4, 0.5) is 0 Å². The van der Waals surface area contributed by atoms with Crippen LogP contribution in [0.1, 0.15) is 40.0 Å². The van der Waals surface area contributed by atoms with E-state index in [2.05, 4.69) is 30.7 Å². The Hall–Kier alpha value is -0.420. The highest BCUT2D eigenvalue weighted by Gasteiger charge is 2.32. The summed E-state index contributed by atoms with van der Waals surface area (Å²) in [5.74, 6) is 3.86. The Morgan fingerprint density at radius 3 is 2.55 bits per heavy atom. The van der Waals surface area contributed by atoms with Gasteiger partial charge in [0.05, 0.1) is 11.7 Å². The lowest BCUT2D eigenvalue weighted by atomic mass is 9.80. The van der Waals surface area contributed by atoms with Gasteiger partial charge in [-0.05, 0) is 46.0 Å². The standard InChI is InChI=1S/C15H29N3OS/c1-15(2,3)19-13-10-12(11-13)4-5-17-14(16)18-6-8-20-9-7-18/h12-13H,4-11H2,1-3H3,(H2,16,17). The molecule has 116 valence electrons. The number of aliphatic imine (C=N–C) groups is 1. The van der Waals surface area contributed by atoms with E-state index in [1.165, 1.54) is 24.3 Å². The first-order valence-electron chi connectivity index (χ1n) is 7.74. The summed E-state index contributed by atoms with van der Waals surface area (Å²) in [6.07, 6.45) is 3.98. The zero-order chi connectivity index (χ0) is 14.6. The molecule has 1 heterocycles. The summed E-state index contributed by atoms with van der Waals surface area (Å²) in [5, 5.41) is 0. The number of nitrogens with zero attached hydrogens (tertiary/aromatic N) is 2. The monoisotopic (exact) mass is 299 g/mol. The molecule has 4 nitrogen and oxygen atoms in total. The third-order valence-corrected chi connectivity index (χ3v) is 4.80. The first-order chi connectivity index (χ1) is 9.44. The minimum atomic E-state index is -0.00943. The molecule has 1 aliphatic carbocycles. The molecule has 20 heavy (non-hydrogen) atoms. The van der Waals surface area contributed by atoms with Crippen LogP contribution in [-0.2, 0) is 4.74 Å². The van der Waals surface area contributed by atoms with Crippen LogP contribution in [0.5, 0.6) is 0 Å². The predicted octanol–water partition coefficient (Wildman–Crippen LogP) is 2.33. The Morgan fingerprint density at radius 2 is 1.95 bits per heavy atom. The number of hydrogen-bond donors (Lipinski definition) is 1. The Morgan fingerprint density at radius 1 is 1.30 bits per heavy atom. The molecule has 1 aliphatic heterocycles.